The summed E-state index contributed by atoms with van der Waals surface area (Å²) < 4.78 is 0. The summed E-state index contributed by atoms with van der Waals surface area (Å²) in [5.74, 6) is 0. The Balaban J connectivity index is 1.67. The van der Waals surface area contributed by atoms with Crippen LogP contribution in [0.4, 0.5) is 34.1 Å². The summed E-state index contributed by atoms with van der Waals surface area (Å²) in [6.45, 7) is 31.6. The molecule has 0 spiro atoms. The van der Waals surface area contributed by atoms with E-state index in [1.165, 1.54) is 33.4 Å². The van der Waals surface area contributed by atoms with Gasteiger partial charge in [-0.25, -0.2) is 0 Å². The Morgan fingerprint density at radius 3 is 1.32 bits per heavy atom. The van der Waals surface area contributed by atoms with Crippen molar-refractivity contribution in [1.82, 2.24) is 0 Å². The first kappa shape index (κ1) is 41.8. The molecule has 0 amide bonds. The van der Waals surface area contributed by atoms with Crippen LogP contribution >= 0.6 is 11.6 Å². The van der Waals surface area contributed by atoms with Crippen LogP contribution in [-0.4, -0.2) is 0 Å². The molecular weight excluding hydrogens is 712 g/mol. The average molecular weight is 776 g/mol. The maximum absolute atomic E-state index is 7.92. The smallest absolute Gasteiger partial charge is 0.0887 e. The molecule has 0 aliphatic rings. The van der Waals surface area contributed by atoms with Gasteiger partial charge in [0, 0.05) is 22.6 Å². The Kier molecular flexibility index (Phi) is 11.4. The van der Waals surface area contributed by atoms with Gasteiger partial charge in [-0.1, -0.05) is 167 Å². The highest BCUT2D eigenvalue weighted by molar-refractivity contribution is 6.36. The molecule has 0 heterocycles. The molecule has 0 saturated heterocycles. The largest absolute Gasteiger partial charge is 0.309 e. The zero-order chi connectivity index (χ0) is 41.7. The second-order valence-electron chi connectivity index (χ2n) is 20.0. The molecule has 0 atom stereocenters. The van der Waals surface area contributed by atoms with Crippen LogP contribution in [0.3, 0.4) is 0 Å². The van der Waals surface area contributed by atoms with Gasteiger partial charge in [0.2, 0.25) is 0 Å². The third kappa shape index (κ3) is 9.18. The highest BCUT2D eigenvalue weighted by Gasteiger charge is 2.28. The van der Waals surface area contributed by atoms with E-state index in [9.17, 15) is 0 Å². The summed E-state index contributed by atoms with van der Waals surface area (Å²) >= 11 is 7.92. The minimum atomic E-state index is -0.0492. The maximum atomic E-state index is 7.92. The minimum Gasteiger partial charge on any atom is -0.309 e. The Morgan fingerprint density at radius 2 is 0.807 bits per heavy atom. The lowest BCUT2D eigenvalue weighted by Gasteiger charge is -2.34. The number of halogens is 1. The fraction of sp³-hybridized carbons (Fsp3) is 0.333. The molecule has 0 unspecified atom stereocenters. The van der Waals surface area contributed by atoms with Crippen LogP contribution in [0.25, 0.3) is 11.1 Å². The van der Waals surface area contributed by atoms with Gasteiger partial charge >= 0.3 is 0 Å². The van der Waals surface area contributed by atoms with Crippen LogP contribution in [0.15, 0.2) is 127 Å². The third-order valence-electron chi connectivity index (χ3n) is 11.1. The third-order valence-corrected chi connectivity index (χ3v) is 11.5. The Morgan fingerprint density at radius 1 is 0.368 bits per heavy atom. The number of anilines is 6. The average Bonchev–Trinajstić information content (AvgIpc) is 3.13. The standard InChI is InChI=1S/C54H63ClN2/c1-36-18-27-43(28-19-36)56(44-29-24-40(25-30-44)52(6,7)8)48-32-37(2)33-49(50(48)55)57(45-17-15-16-41(34-45)53(9,10)11)47-31-26-42(54(12,13)14)35-46(47)38-20-22-39(23-21-38)51(3,4)5/h15-35H,1-14H3. The quantitative estimate of drug-likeness (QED) is 0.159. The number of rotatable bonds is 7. The van der Waals surface area contributed by atoms with Gasteiger partial charge in [-0.15, -0.1) is 0 Å². The second kappa shape index (κ2) is 15.5. The van der Waals surface area contributed by atoms with Crippen molar-refractivity contribution in [3.8, 4) is 11.1 Å². The van der Waals surface area contributed by atoms with E-state index in [-0.39, 0.29) is 21.7 Å². The number of aryl methyl sites for hydroxylation is 2. The van der Waals surface area contributed by atoms with Crippen LogP contribution in [-0.2, 0) is 21.7 Å². The molecule has 0 aliphatic heterocycles. The van der Waals surface area contributed by atoms with Gasteiger partial charge in [-0.05, 0) is 130 Å². The summed E-state index contributed by atoms with van der Waals surface area (Å²) in [5.41, 5.74) is 15.9. The molecule has 0 aromatic heterocycles. The molecular formula is C54H63ClN2. The van der Waals surface area contributed by atoms with Crippen molar-refractivity contribution < 1.29 is 0 Å². The van der Waals surface area contributed by atoms with Crippen LogP contribution in [0.5, 0.6) is 0 Å². The lowest BCUT2D eigenvalue weighted by Crippen LogP contribution is -2.18. The molecule has 2 nitrogen and oxygen atoms in total. The number of hydrogen-bond donors (Lipinski definition) is 0. The van der Waals surface area contributed by atoms with Crippen LogP contribution in [0, 0.1) is 13.8 Å². The SMILES string of the molecule is Cc1ccc(N(c2ccc(C(C)(C)C)cc2)c2cc(C)cc(N(c3cccc(C(C)(C)C)c3)c3ccc(C(C)(C)C)cc3-c3ccc(C(C)(C)C)cc3)c2Cl)cc1. The topological polar surface area (TPSA) is 6.48 Å². The zero-order valence-corrected chi connectivity index (χ0v) is 37.7. The van der Waals surface area contributed by atoms with Crippen LogP contribution in [0.2, 0.25) is 5.02 Å². The zero-order valence-electron chi connectivity index (χ0n) is 36.9. The van der Waals surface area contributed by atoms with Crippen molar-refractivity contribution in [3.63, 3.8) is 0 Å². The van der Waals surface area contributed by atoms with E-state index >= 15 is 0 Å². The van der Waals surface area contributed by atoms with Crippen LogP contribution < -0.4 is 9.80 Å². The molecule has 6 aromatic rings. The number of nitrogens with zero attached hydrogens (tertiary/aromatic N) is 2. The highest BCUT2D eigenvalue weighted by atomic mass is 35.5. The summed E-state index contributed by atoms with van der Waals surface area (Å²) in [7, 11) is 0. The van der Waals surface area contributed by atoms with E-state index in [2.05, 4.69) is 234 Å². The predicted octanol–water partition coefficient (Wildman–Crippen LogP) is 16.8. The van der Waals surface area contributed by atoms with Crippen molar-refractivity contribution >= 4 is 45.7 Å². The molecule has 6 aromatic carbocycles. The first-order valence-corrected chi connectivity index (χ1v) is 20.8. The molecule has 57 heavy (non-hydrogen) atoms. The maximum Gasteiger partial charge on any atom is 0.0887 e. The van der Waals surface area contributed by atoms with Crippen molar-refractivity contribution in [2.45, 2.75) is 119 Å². The van der Waals surface area contributed by atoms with Crippen molar-refractivity contribution in [2.24, 2.45) is 0 Å². The molecule has 296 valence electrons. The molecule has 0 radical (unpaired) electrons. The first-order chi connectivity index (χ1) is 26.5. The van der Waals surface area contributed by atoms with Gasteiger partial charge in [-0.3, -0.25) is 0 Å². The molecule has 6 rings (SSSR count). The van der Waals surface area contributed by atoms with E-state index in [0.717, 1.165) is 45.3 Å². The van der Waals surface area contributed by atoms with E-state index in [1.807, 2.05) is 0 Å². The van der Waals surface area contributed by atoms with E-state index in [1.54, 1.807) is 0 Å². The monoisotopic (exact) mass is 774 g/mol. The first-order valence-electron chi connectivity index (χ1n) is 20.5. The van der Waals surface area contributed by atoms with E-state index < -0.39 is 0 Å². The highest BCUT2D eigenvalue weighted by Crippen LogP contribution is 2.50. The number of benzene rings is 6. The molecule has 0 saturated carbocycles. The predicted molar refractivity (Wildman–Crippen MR) is 251 cm³/mol. The van der Waals surface area contributed by atoms with Gasteiger partial charge in [-0.2, -0.15) is 0 Å². The fourth-order valence-electron chi connectivity index (χ4n) is 7.39. The van der Waals surface area contributed by atoms with Gasteiger partial charge in [0.1, 0.15) is 0 Å². The fourth-order valence-corrected chi connectivity index (χ4v) is 7.66. The molecule has 0 fully saturated rings. The molecule has 3 heteroatoms. The Labute approximate surface area is 349 Å². The van der Waals surface area contributed by atoms with Gasteiger partial charge in [0.15, 0.2) is 0 Å². The van der Waals surface area contributed by atoms with Gasteiger partial charge in [0.05, 0.1) is 22.1 Å². The molecule has 0 aliphatic carbocycles. The number of hydrogen-bond acceptors (Lipinski definition) is 2. The summed E-state index contributed by atoms with van der Waals surface area (Å²) in [6, 6.07) is 47.3. The van der Waals surface area contributed by atoms with E-state index in [0.29, 0.717) is 5.02 Å². The van der Waals surface area contributed by atoms with Crippen molar-refractivity contribution in [2.75, 3.05) is 9.80 Å². The Bertz CT molecular complexity index is 2340. The Hall–Kier alpha value is -4.79. The van der Waals surface area contributed by atoms with Gasteiger partial charge in [0.25, 0.3) is 0 Å². The van der Waals surface area contributed by atoms with Crippen molar-refractivity contribution in [1.29, 1.82) is 0 Å². The molecule has 0 N–H and O–H groups in total. The molecule has 0 bridgehead atoms. The van der Waals surface area contributed by atoms with Crippen LogP contribution in [0.1, 0.15) is 116 Å². The normalized spacial score (nSPS) is 12.5. The van der Waals surface area contributed by atoms with Gasteiger partial charge < -0.3 is 9.80 Å². The van der Waals surface area contributed by atoms with Crippen molar-refractivity contribution in [3.05, 3.63) is 166 Å². The second-order valence-corrected chi connectivity index (χ2v) is 20.4. The summed E-state index contributed by atoms with van der Waals surface area (Å²) in [5, 5.41) is 0.677. The summed E-state index contributed by atoms with van der Waals surface area (Å²) in [4.78, 5) is 4.70. The lowest BCUT2D eigenvalue weighted by atomic mass is 9.83. The summed E-state index contributed by atoms with van der Waals surface area (Å²) in [6.07, 6.45) is 0. The minimum absolute atomic E-state index is 0.0385. The van der Waals surface area contributed by atoms with E-state index in [4.69, 9.17) is 11.6 Å². The lowest BCUT2D eigenvalue weighted by molar-refractivity contribution is 0.589.